The highest BCUT2D eigenvalue weighted by molar-refractivity contribution is 6.03. The van der Waals surface area contributed by atoms with Crippen LogP contribution in [0.25, 0.3) is 0 Å². The number of nitrogens with one attached hydrogen (secondary N) is 2. The number of hydrazone groups is 1. The van der Waals surface area contributed by atoms with Gasteiger partial charge in [0, 0.05) is 13.5 Å². The number of hydrogen-bond acceptors (Lipinski definition) is 7. The Morgan fingerprint density at radius 2 is 2.08 bits per heavy atom. The number of ether oxygens (including phenoxy) is 2. The fraction of sp³-hybridized carbons (Fsp3) is 0.267. The van der Waals surface area contributed by atoms with Crippen LogP contribution >= 0.6 is 0 Å². The van der Waals surface area contributed by atoms with E-state index in [1.165, 1.54) is 7.05 Å². The Morgan fingerprint density at radius 3 is 2.92 bits per heavy atom. The van der Waals surface area contributed by atoms with Crippen molar-refractivity contribution in [2.45, 2.75) is 12.5 Å². The van der Waals surface area contributed by atoms with Gasteiger partial charge in [0.05, 0.1) is 11.8 Å². The molecule has 4 rings (SSSR count). The van der Waals surface area contributed by atoms with Crippen molar-refractivity contribution >= 4 is 5.71 Å². The highest BCUT2D eigenvalue weighted by Crippen LogP contribution is 2.36. The Hall–Kier alpha value is -3.23. The highest BCUT2D eigenvalue weighted by Gasteiger charge is 2.27. The molecule has 1 atom stereocenters. The first-order valence-electron chi connectivity index (χ1n) is 7.29. The van der Waals surface area contributed by atoms with Crippen LogP contribution in [0.4, 0.5) is 0 Å². The van der Waals surface area contributed by atoms with Gasteiger partial charge < -0.3 is 20.0 Å². The molecule has 124 valence electrons. The Balaban J connectivity index is 1.65. The van der Waals surface area contributed by atoms with Crippen molar-refractivity contribution in [2.75, 3.05) is 6.79 Å². The lowest BCUT2D eigenvalue weighted by Crippen LogP contribution is -2.32. The predicted octanol–water partition coefficient (Wildman–Crippen LogP) is -0.0534. The maximum Gasteiger partial charge on any atom is 0.330 e. The van der Waals surface area contributed by atoms with Gasteiger partial charge in [0.15, 0.2) is 11.5 Å². The van der Waals surface area contributed by atoms with E-state index >= 15 is 0 Å². The Morgan fingerprint density at radius 1 is 1.29 bits per heavy atom. The second-order valence-electron chi connectivity index (χ2n) is 5.57. The van der Waals surface area contributed by atoms with Crippen LogP contribution in [0.15, 0.2) is 32.9 Å². The quantitative estimate of drug-likeness (QED) is 0.710. The Kier molecular flexibility index (Phi) is 3.08. The molecule has 0 radical (unpaired) electrons. The van der Waals surface area contributed by atoms with Crippen molar-refractivity contribution in [1.29, 1.82) is 0 Å². The second-order valence-corrected chi connectivity index (χ2v) is 5.57. The molecule has 0 saturated heterocycles. The van der Waals surface area contributed by atoms with E-state index in [0.29, 0.717) is 23.6 Å². The predicted molar refractivity (Wildman–Crippen MR) is 83.6 cm³/mol. The molecule has 2 aliphatic heterocycles. The summed E-state index contributed by atoms with van der Waals surface area (Å²) in [6, 6.07) is 5.37. The number of rotatable bonds is 2. The first-order chi connectivity index (χ1) is 11.5. The number of aromatic hydroxyl groups is 1. The van der Waals surface area contributed by atoms with Crippen LogP contribution in [0.1, 0.15) is 23.6 Å². The summed E-state index contributed by atoms with van der Waals surface area (Å²) >= 11 is 0. The van der Waals surface area contributed by atoms with Crippen LogP contribution in [0.3, 0.4) is 0 Å². The van der Waals surface area contributed by atoms with Gasteiger partial charge in [-0.05, 0) is 17.7 Å². The van der Waals surface area contributed by atoms with Gasteiger partial charge >= 0.3 is 5.69 Å². The van der Waals surface area contributed by atoms with Gasteiger partial charge in [-0.25, -0.2) is 4.79 Å². The van der Waals surface area contributed by atoms with Crippen molar-refractivity contribution in [2.24, 2.45) is 12.1 Å². The lowest BCUT2D eigenvalue weighted by Gasteiger charge is -2.11. The molecule has 0 saturated carbocycles. The SMILES string of the molecule is Cn1c(O)c(C2=NN[C@@H](c3ccc4c(c3)OCO4)C2)c(=O)[nH]c1=O. The van der Waals surface area contributed by atoms with Gasteiger partial charge in [-0.3, -0.25) is 14.3 Å². The largest absolute Gasteiger partial charge is 0.494 e. The molecule has 2 aromatic rings. The van der Waals surface area contributed by atoms with Crippen molar-refractivity contribution < 1.29 is 14.6 Å². The summed E-state index contributed by atoms with van der Waals surface area (Å²) in [6.45, 7) is 0.194. The van der Waals surface area contributed by atoms with Crippen LogP contribution in [0, 0.1) is 0 Å². The summed E-state index contributed by atoms with van der Waals surface area (Å²) in [5.74, 6) is 0.936. The smallest absolute Gasteiger partial charge is 0.330 e. The van der Waals surface area contributed by atoms with Gasteiger partial charge in [-0.15, -0.1) is 0 Å². The number of benzene rings is 1. The standard InChI is InChI=1S/C15H14N4O5/c1-19-14(21)12(13(20)16-15(19)22)9-5-8(17-18-9)7-2-3-10-11(4-7)24-6-23-10/h2-4,8,17,21H,5-6H2,1H3,(H,16,20,22)/t8-/m1/s1. The zero-order valence-electron chi connectivity index (χ0n) is 12.7. The minimum atomic E-state index is -0.680. The lowest BCUT2D eigenvalue weighted by atomic mass is 9.99. The van der Waals surface area contributed by atoms with Gasteiger partial charge in [0.1, 0.15) is 5.56 Å². The normalized spacial score (nSPS) is 18.4. The minimum Gasteiger partial charge on any atom is -0.494 e. The van der Waals surface area contributed by atoms with Gasteiger partial charge in [-0.1, -0.05) is 6.07 Å². The molecule has 0 unspecified atom stereocenters. The third-order valence-corrected chi connectivity index (χ3v) is 4.13. The molecular formula is C15H14N4O5. The van der Waals surface area contributed by atoms with Gasteiger partial charge in [0.2, 0.25) is 12.7 Å². The second kappa shape index (κ2) is 5.15. The van der Waals surface area contributed by atoms with Crippen molar-refractivity contribution in [3.05, 3.63) is 50.2 Å². The van der Waals surface area contributed by atoms with Crippen LogP contribution < -0.4 is 26.1 Å². The number of nitrogens with zero attached hydrogens (tertiary/aromatic N) is 2. The van der Waals surface area contributed by atoms with E-state index in [1.807, 2.05) is 18.2 Å². The molecule has 9 heteroatoms. The van der Waals surface area contributed by atoms with E-state index < -0.39 is 17.1 Å². The molecule has 3 N–H and O–H groups in total. The van der Waals surface area contributed by atoms with E-state index in [2.05, 4.69) is 15.5 Å². The summed E-state index contributed by atoms with van der Waals surface area (Å²) in [6.07, 6.45) is 0.383. The molecule has 0 bridgehead atoms. The molecule has 0 spiro atoms. The molecule has 3 heterocycles. The first kappa shape index (κ1) is 14.4. The number of hydrogen-bond donors (Lipinski definition) is 3. The monoisotopic (exact) mass is 330 g/mol. The number of aromatic nitrogens is 2. The molecule has 1 aromatic heterocycles. The molecule has 0 aliphatic carbocycles. The van der Waals surface area contributed by atoms with E-state index in [9.17, 15) is 14.7 Å². The zero-order valence-corrected chi connectivity index (χ0v) is 12.7. The van der Waals surface area contributed by atoms with E-state index in [1.54, 1.807) is 0 Å². The maximum atomic E-state index is 12.0. The highest BCUT2D eigenvalue weighted by atomic mass is 16.7. The van der Waals surface area contributed by atoms with E-state index in [4.69, 9.17) is 9.47 Å². The third-order valence-electron chi connectivity index (χ3n) is 4.13. The molecule has 2 aliphatic rings. The fourth-order valence-corrected chi connectivity index (χ4v) is 2.79. The van der Waals surface area contributed by atoms with E-state index in [-0.39, 0.29) is 18.4 Å². The fourth-order valence-electron chi connectivity index (χ4n) is 2.79. The number of fused-ring (bicyclic) bond motifs is 1. The summed E-state index contributed by atoms with van der Waals surface area (Å²) in [7, 11) is 1.37. The Bertz CT molecular complexity index is 975. The third kappa shape index (κ3) is 2.13. The summed E-state index contributed by atoms with van der Waals surface area (Å²) in [5.41, 5.74) is 2.89. The molecule has 1 aromatic carbocycles. The summed E-state index contributed by atoms with van der Waals surface area (Å²) in [4.78, 5) is 25.7. The molecule has 24 heavy (non-hydrogen) atoms. The summed E-state index contributed by atoms with van der Waals surface area (Å²) < 4.78 is 11.6. The average molecular weight is 330 g/mol. The van der Waals surface area contributed by atoms with Crippen molar-refractivity contribution in [3.63, 3.8) is 0 Å². The molecule has 0 fully saturated rings. The lowest BCUT2D eigenvalue weighted by molar-refractivity contribution is 0.174. The van der Waals surface area contributed by atoms with Crippen molar-refractivity contribution in [3.8, 4) is 17.4 Å². The Labute approximate surface area is 135 Å². The molecule has 0 amide bonds. The molecular weight excluding hydrogens is 316 g/mol. The zero-order chi connectivity index (χ0) is 16.8. The summed E-state index contributed by atoms with van der Waals surface area (Å²) in [5, 5.41) is 14.3. The van der Waals surface area contributed by atoms with Crippen molar-refractivity contribution in [1.82, 2.24) is 15.0 Å². The van der Waals surface area contributed by atoms with E-state index in [0.717, 1.165) is 10.1 Å². The number of aromatic amines is 1. The average Bonchev–Trinajstić information content (AvgIpc) is 3.21. The van der Waals surface area contributed by atoms with Gasteiger partial charge in [0.25, 0.3) is 5.56 Å². The van der Waals surface area contributed by atoms with Crippen LogP contribution in [-0.4, -0.2) is 27.2 Å². The van der Waals surface area contributed by atoms with Crippen LogP contribution in [0.2, 0.25) is 0 Å². The maximum absolute atomic E-state index is 12.0. The molecule has 9 nitrogen and oxygen atoms in total. The van der Waals surface area contributed by atoms with Crippen LogP contribution in [0.5, 0.6) is 17.4 Å². The topological polar surface area (TPSA) is 118 Å². The first-order valence-corrected chi connectivity index (χ1v) is 7.29. The number of H-pyrrole nitrogens is 1. The van der Waals surface area contributed by atoms with Gasteiger partial charge in [-0.2, -0.15) is 5.10 Å². The van der Waals surface area contributed by atoms with Crippen LogP contribution in [-0.2, 0) is 7.05 Å². The minimum absolute atomic E-state index is 0.00663.